The molecule has 0 saturated heterocycles. The molecule has 0 saturated carbocycles. The topological polar surface area (TPSA) is 67.9 Å². The maximum absolute atomic E-state index is 12.0. The molecule has 0 N–H and O–H groups in total. The predicted octanol–water partition coefficient (Wildman–Crippen LogP) is 3.20. The van der Waals surface area contributed by atoms with Crippen LogP contribution in [0.1, 0.15) is 25.1 Å². The fourth-order valence-electron chi connectivity index (χ4n) is 2.29. The highest BCUT2D eigenvalue weighted by Gasteiger charge is 2.36. The lowest BCUT2D eigenvalue weighted by molar-refractivity contribution is -0.135. The number of halogens is 1. The van der Waals surface area contributed by atoms with Gasteiger partial charge in [-0.3, -0.25) is 0 Å². The first-order chi connectivity index (χ1) is 10.7. The SMILES string of the molecule is CCOC(=O)C1=NN(c2ncccc2Cl)C(c2ccco2)C1. The van der Waals surface area contributed by atoms with Crippen molar-refractivity contribution in [3.05, 3.63) is 47.5 Å². The van der Waals surface area contributed by atoms with E-state index in [0.29, 0.717) is 35.3 Å². The minimum absolute atomic E-state index is 0.276. The Morgan fingerprint density at radius 2 is 2.36 bits per heavy atom. The number of ether oxygens (including phenoxy) is 1. The molecule has 114 valence electrons. The van der Waals surface area contributed by atoms with E-state index >= 15 is 0 Å². The number of carbonyl (C=O) groups is 1. The van der Waals surface area contributed by atoms with Gasteiger partial charge in [0.2, 0.25) is 0 Å². The van der Waals surface area contributed by atoms with Gasteiger partial charge in [-0.15, -0.1) is 0 Å². The predicted molar refractivity (Wildman–Crippen MR) is 81.9 cm³/mol. The molecule has 0 spiro atoms. The van der Waals surface area contributed by atoms with Gasteiger partial charge in [0.05, 0.1) is 17.9 Å². The molecule has 1 aliphatic rings. The van der Waals surface area contributed by atoms with E-state index in [2.05, 4.69) is 10.1 Å². The molecule has 1 unspecified atom stereocenters. The van der Waals surface area contributed by atoms with Gasteiger partial charge in [-0.05, 0) is 31.2 Å². The van der Waals surface area contributed by atoms with Crippen LogP contribution in [0.3, 0.4) is 0 Å². The third-order valence-electron chi connectivity index (χ3n) is 3.25. The van der Waals surface area contributed by atoms with Crippen LogP contribution in [0.15, 0.2) is 46.2 Å². The van der Waals surface area contributed by atoms with Crippen LogP contribution in [0.2, 0.25) is 5.02 Å². The Balaban J connectivity index is 1.98. The summed E-state index contributed by atoms with van der Waals surface area (Å²) < 4.78 is 10.5. The Bertz CT molecular complexity index is 700. The smallest absolute Gasteiger partial charge is 0.354 e. The van der Waals surface area contributed by atoms with Gasteiger partial charge in [0.15, 0.2) is 5.82 Å². The first-order valence-electron chi connectivity index (χ1n) is 6.88. The van der Waals surface area contributed by atoms with Crippen LogP contribution >= 0.6 is 11.6 Å². The van der Waals surface area contributed by atoms with Crippen LogP contribution in [0.4, 0.5) is 5.82 Å². The zero-order chi connectivity index (χ0) is 15.5. The Morgan fingerprint density at radius 3 is 3.05 bits per heavy atom. The van der Waals surface area contributed by atoms with Crippen molar-refractivity contribution in [2.75, 3.05) is 11.6 Å². The molecule has 2 aromatic rings. The number of aromatic nitrogens is 1. The summed E-state index contributed by atoms with van der Waals surface area (Å²) >= 11 is 6.20. The number of nitrogens with zero attached hydrogens (tertiary/aromatic N) is 3. The van der Waals surface area contributed by atoms with Gasteiger partial charge in [0, 0.05) is 12.6 Å². The molecule has 3 rings (SSSR count). The molecule has 7 heteroatoms. The molecule has 0 aliphatic carbocycles. The molecule has 6 nitrogen and oxygen atoms in total. The highest BCUT2D eigenvalue weighted by Crippen LogP contribution is 2.37. The third kappa shape index (κ3) is 2.69. The summed E-state index contributed by atoms with van der Waals surface area (Å²) in [5.74, 6) is 0.725. The Kier molecular flexibility index (Phi) is 4.11. The minimum atomic E-state index is -0.436. The van der Waals surface area contributed by atoms with Gasteiger partial charge in [-0.2, -0.15) is 5.10 Å². The van der Waals surface area contributed by atoms with Crippen molar-refractivity contribution in [2.24, 2.45) is 5.10 Å². The lowest BCUT2D eigenvalue weighted by Gasteiger charge is -2.21. The molecule has 0 amide bonds. The average molecular weight is 320 g/mol. The molecule has 0 aromatic carbocycles. The van der Waals surface area contributed by atoms with E-state index in [-0.39, 0.29) is 6.04 Å². The van der Waals surface area contributed by atoms with E-state index in [9.17, 15) is 4.79 Å². The summed E-state index contributed by atoms with van der Waals surface area (Å²) in [6.45, 7) is 2.05. The molecular weight excluding hydrogens is 306 g/mol. The van der Waals surface area contributed by atoms with E-state index in [4.69, 9.17) is 20.8 Å². The van der Waals surface area contributed by atoms with Gasteiger partial charge < -0.3 is 9.15 Å². The normalized spacial score (nSPS) is 17.5. The van der Waals surface area contributed by atoms with Gasteiger partial charge in [0.1, 0.15) is 17.5 Å². The molecule has 2 aromatic heterocycles. The highest BCUT2D eigenvalue weighted by molar-refractivity contribution is 6.37. The number of hydrazone groups is 1. The largest absolute Gasteiger partial charge is 0.467 e. The maximum atomic E-state index is 12.0. The van der Waals surface area contributed by atoms with Crippen LogP contribution in [0.25, 0.3) is 0 Å². The quantitative estimate of drug-likeness (QED) is 0.809. The van der Waals surface area contributed by atoms with Crippen LogP contribution in [0.5, 0.6) is 0 Å². The van der Waals surface area contributed by atoms with Crippen molar-refractivity contribution >= 4 is 29.1 Å². The second-order valence-electron chi connectivity index (χ2n) is 4.66. The van der Waals surface area contributed by atoms with Crippen molar-refractivity contribution < 1.29 is 13.9 Å². The second kappa shape index (κ2) is 6.19. The Morgan fingerprint density at radius 1 is 1.50 bits per heavy atom. The van der Waals surface area contributed by atoms with Crippen LogP contribution in [-0.4, -0.2) is 23.3 Å². The number of furan rings is 1. The maximum Gasteiger partial charge on any atom is 0.354 e. The minimum Gasteiger partial charge on any atom is -0.467 e. The molecule has 22 heavy (non-hydrogen) atoms. The van der Waals surface area contributed by atoms with Gasteiger partial charge in [0.25, 0.3) is 0 Å². The fraction of sp³-hybridized carbons (Fsp3) is 0.267. The summed E-state index contributed by atoms with van der Waals surface area (Å²) in [6.07, 6.45) is 3.58. The van der Waals surface area contributed by atoms with Gasteiger partial charge in [-0.1, -0.05) is 11.6 Å². The van der Waals surface area contributed by atoms with Crippen LogP contribution in [0, 0.1) is 0 Å². The number of pyridine rings is 1. The van der Waals surface area contributed by atoms with Crippen molar-refractivity contribution in [3.63, 3.8) is 0 Å². The zero-order valence-corrected chi connectivity index (χ0v) is 12.7. The number of hydrogen-bond acceptors (Lipinski definition) is 6. The number of carbonyl (C=O) groups excluding carboxylic acids is 1. The van der Waals surface area contributed by atoms with E-state index in [1.165, 1.54) is 0 Å². The van der Waals surface area contributed by atoms with E-state index in [1.54, 1.807) is 42.6 Å². The van der Waals surface area contributed by atoms with E-state index < -0.39 is 5.97 Å². The molecule has 1 atom stereocenters. The molecular formula is C15H14ClN3O3. The summed E-state index contributed by atoms with van der Waals surface area (Å²) in [5, 5.41) is 6.40. The van der Waals surface area contributed by atoms with Gasteiger partial charge in [-0.25, -0.2) is 14.8 Å². The molecule has 1 aliphatic heterocycles. The first kappa shape index (κ1) is 14.6. The van der Waals surface area contributed by atoms with Crippen molar-refractivity contribution in [1.29, 1.82) is 0 Å². The lowest BCUT2D eigenvalue weighted by atomic mass is 10.1. The van der Waals surface area contributed by atoms with Gasteiger partial charge >= 0.3 is 5.97 Å². The number of hydrogen-bond donors (Lipinski definition) is 0. The van der Waals surface area contributed by atoms with Crippen LogP contribution < -0.4 is 5.01 Å². The third-order valence-corrected chi connectivity index (χ3v) is 3.54. The number of esters is 1. The van der Waals surface area contributed by atoms with Crippen molar-refractivity contribution in [1.82, 2.24) is 4.98 Å². The second-order valence-corrected chi connectivity index (χ2v) is 5.06. The zero-order valence-electron chi connectivity index (χ0n) is 11.9. The monoisotopic (exact) mass is 319 g/mol. The molecule has 0 fully saturated rings. The molecule has 3 heterocycles. The number of rotatable bonds is 4. The first-order valence-corrected chi connectivity index (χ1v) is 7.26. The lowest BCUT2D eigenvalue weighted by Crippen LogP contribution is -2.19. The van der Waals surface area contributed by atoms with E-state index in [1.807, 2.05) is 6.07 Å². The summed E-state index contributed by atoms with van der Waals surface area (Å²) in [4.78, 5) is 16.2. The summed E-state index contributed by atoms with van der Waals surface area (Å²) in [7, 11) is 0. The van der Waals surface area contributed by atoms with Crippen molar-refractivity contribution in [2.45, 2.75) is 19.4 Å². The summed E-state index contributed by atoms with van der Waals surface area (Å²) in [5.41, 5.74) is 0.324. The van der Waals surface area contributed by atoms with E-state index in [0.717, 1.165) is 0 Å². The number of anilines is 1. The van der Waals surface area contributed by atoms with Crippen LogP contribution in [-0.2, 0) is 9.53 Å². The average Bonchev–Trinajstić information content (AvgIpc) is 3.17. The highest BCUT2D eigenvalue weighted by atomic mass is 35.5. The Hall–Kier alpha value is -2.34. The molecule has 0 bridgehead atoms. The molecule has 0 radical (unpaired) electrons. The van der Waals surface area contributed by atoms with Crippen molar-refractivity contribution in [3.8, 4) is 0 Å². The Labute approximate surface area is 132 Å². The fourth-order valence-corrected chi connectivity index (χ4v) is 2.50. The standard InChI is InChI=1S/C15H14ClN3O3/c1-2-21-15(20)11-9-12(13-6-4-8-22-13)19(18-11)14-10(16)5-3-7-17-14/h3-8,12H,2,9H2,1H3. The summed E-state index contributed by atoms with van der Waals surface area (Å²) in [6, 6.07) is 6.80.